The van der Waals surface area contributed by atoms with E-state index in [2.05, 4.69) is 22.5 Å². The number of hydrogen-bond donors (Lipinski definition) is 2. The van der Waals surface area contributed by atoms with Crippen molar-refractivity contribution < 1.29 is 4.79 Å². The molecule has 1 aliphatic heterocycles. The molecule has 2 rings (SSSR count). The summed E-state index contributed by atoms with van der Waals surface area (Å²) in [5.41, 5.74) is 0.126. The topological polar surface area (TPSA) is 44.4 Å². The van der Waals surface area contributed by atoms with Gasteiger partial charge in [0.2, 0.25) is 5.91 Å². The third-order valence-electron chi connectivity index (χ3n) is 3.24. The van der Waals surface area contributed by atoms with Crippen LogP contribution < -0.4 is 10.6 Å². The zero-order valence-corrected chi connectivity index (χ0v) is 9.51. The Hall–Kier alpha value is -0.610. The molecule has 86 valence electrons. The van der Waals surface area contributed by atoms with Gasteiger partial charge in [-0.05, 0) is 39.3 Å². The largest absolute Gasteiger partial charge is 0.350 e. The van der Waals surface area contributed by atoms with Crippen LogP contribution in [-0.2, 0) is 4.79 Å². The van der Waals surface area contributed by atoms with Gasteiger partial charge in [0, 0.05) is 18.6 Å². The second-order valence-electron chi connectivity index (χ2n) is 4.99. The molecule has 0 aromatic heterocycles. The number of nitrogens with one attached hydrogen (secondary N) is 2. The summed E-state index contributed by atoms with van der Waals surface area (Å²) in [6.07, 6.45) is 3.42. The van der Waals surface area contributed by atoms with Crippen molar-refractivity contribution in [2.24, 2.45) is 0 Å². The molecule has 0 aromatic rings. The highest BCUT2D eigenvalue weighted by Gasteiger charge is 2.38. The summed E-state index contributed by atoms with van der Waals surface area (Å²) in [7, 11) is 0. The maximum Gasteiger partial charge on any atom is 0.234 e. The Kier molecular flexibility index (Phi) is 3.26. The number of nitrogens with zero attached hydrogens (tertiary/aromatic N) is 1. The number of amides is 1. The second-order valence-corrected chi connectivity index (χ2v) is 4.99. The van der Waals surface area contributed by atoms with E-state index in [0.29, 0.717) is 6.54 Å². The summed E-state index contributed by atoms with van der Waals surface area (Å²) in [6.45, 7) is 6.80. The van der Waals surface area contributed by atoms with Gasteiger partial charge in [-0.1, -0.05) is 0 Å². The van der Waals surface area contributed by atoms with Crippen molar-refractivity contribution in [3.05, 3.63) is 0 Å². The summed E-state index contributed by atoms with van der Waals surface area (Å²) in [4.78, 5) is 13.9. The van der Waals surface area contributed by atoms with Crippen LogP contribution in [0.3, 0.4) is 0 Å². The molecule has 1 aliphatic carbocycles. The van der Waals surface area contributed by atoms with Gasteiger partial charge in [0.15, 0.2) is 0 Å². The van der Waals surface area contributed by atoms with Crippen molar-refractivity contribution in [1.82, 2.24) is 15.5 Å². The van der Waals surface area contributed by atoms with E-state index in [4.69, 9.17) is 0 Å². The average Bonchev–Trinajstić information content (AvgIpc) is 2.91. The van der Waals surface area contributed by atoms with E-state index in [0.717, 1.165) is 45.4 Å². The predicted octanol–water partition coefficient (Wildman–Crippen LogP) is -0.0496. The lowest BCUT2D eigenvalue weighted by molar-refractivity contribution is -0.123. The molecule has 1 heterocycles. The summed E-state index contributed by atoms with van der Waals surface area (Å²) < 4.78 is 0. The molecule has 2 N–H and O–H groups in total. The molecule has 4 heteroatoms. The van der Waals surface area contributed by atoms with Crippen molar-refractivity contribution in [3.63, 3.8) is 0 Å². The summed E-state index contributed by atoms with van der Waals surface area (Å²) in [5.74, 6) is 0.192. The Morgan fingerprint density at radius 1 is 1.40 bits per heavy atom. The fourth-order valence-corrected chi connectivity index (χ4v) is 1.95. The molecule has 0 spiro atoms. The minimum Gasteiger partial charge on any atom is -0.350 e. The normalized spacial score (nSPS) is 25.7. The highest BCUT2D eigenvalue weighted by molar-refractivity contribution is 5.79. The standard InChI is InChI=1S/C11H21N3O/c1-11(3-4-11)13-10(15)9-14-7-2-5-12-6-8-14/h12H,2-9H2,1H3,(H,13,15). The van der Waals surface area contributed by atoms with Crippen LogP contribution >= 0.6 is 0 Å². The van der Waals surface area contributed by atoms with E-state index >= 15 is 0 Å². The molecule has 0 radical (unpaired) electrons. The van der Waals surface area contributed by atoms with Gasteiger partial charge in [0.05, 0.1) is 6.54 Å². The van der Waals surface area contributed by atoms with E-state index in [1.165, 1.54) is 0 Å². The smallest absolute Gasteiger partial charge is 0.234 e. The van der Waals surface area contributed by atoms with Crippen LogP contribution in [0.4, 0.5) is 0 Å². The van der Waals surface area contributed by atoms with Gasteiger partial charge in [-0.3, -0.25) is 9.69 Å². The fourth-order valence-electron chi connectivity index (χ4n) is 1.95. The predicted molar refractivity (Wildman–Crippen MR) is 59.7 cm³/mol. The first-order valence-electron chi connectivity index (χ1n) is 5.92. The van der Waals surface area contributed by atoms with Crippen molar-refractivity contribution in [3.8, 4) is 0 Å². The molecule has 1 amide bonds. The van der Waals surface area contributed by atoms with Gasteiger partial charge in [0.25, 0.3) is 0 Å². The maximum atomic E-state index is 11.7. The third-order valence-corrected chi connectivity index (χ3v) is 3.24. The zero-order chi connectivity index (χ0) is 10.7. The minimum atomic E-state index is 0.126. The van der Waals surface area contributed by atoms with Crippen LogP contribution in [0.2, 0.25) is 0 Å². The van der Waals surface area contributed by atoms with Crippen LogP contribution in [0, 0.1) is 0 Å². The highest BCUT2D eigenvalue weighted by Crippen LogP contribution is 2.34. The third kappa shape index (κ3) is 3.47. The number of rotatable bonds is 3. The Bertz CT molecular complexity index is 230. The van der Waals surface area contributed by atoms with Gasteiger partial charge in [-0.25, -0.2) is 0 Å². The van der Waals surface area contributed by atoms with Gasteiger partial charge < -0.3 is 10.6 Å². The van der Waals surface area contributed by atoms with Gasteiger partial charge >= 0.3 is 0 Å². The molecule has 2 fully saturated rings. The Morgan fingerprint density at radius 2 is 2.20 bits per heavy atom. The minimum absolute atomic E-state index is 0.126. The molecule has 0 atom stereocenters. The van der Waals surface area contributed by atoms with E-state index in [1.54, 1.807) is 0 Å². The van der Waals surface area contributed by atoms with Gasteiger partial charge in [-0.2, -0.15) is 0 Å². The van der Waals surface area contributed by atoms with Gasteiger partial charge in [-0.15, -0.1) is 0 Å². The number of hydrogen-bond acceptors (Lipinski definition) is 3. The van der Waals surface area contributed by atoms with Crippen LogP contribution in [0.1, 0.15) is 26.2 Å². The molecule has 0 unspecified atom stereocenters. The first-order valence-corrected chi connectivity index (χ1v) is 5.92. The summed E-state index contributed by atoms with van der Waals surface area (Å²) >= 11 is 0. The second kappa shape index (κ2) is 4.49. The van der Waals surface area contributed by atoms with Crippen molar-refractivity contribution >= 4 is 5.91 Å². The SMILES string of the molecule is CC1(NC(=O)CN2CCCNCC2)CC1. The van der Waals surface area contributed by atoms with Gasteiger partial charge in [0.1, 0.15) is 0 Å². The Labute approximate surface area is 91.4 Å². The lowest BCUT2D eigenvalue weighted by Gasteiger charge is -2.20. The fraction of sp³-hybridized carbons (Fsp3) is 0.909. The van der Waals surface area contributed by atoms with Crippen LogP contribution in [0.25, 0.3) is 0 Å². The molecular weight excluding hydrogens is 190 g/mol. The quantitative estimate of drug-likeness (QED) is 0.688. The monoisotopic (exact) mass is 211 g/mol. The molecule has 1 saturated carbocycles. The first-order chi connectivity index (χ1) is 7.18. The van der Waals surface area contributed by atoms with Crippen LogP contribution in [-0.4, -0.2) is 49.1 Å². The van der Waals surface area contributed by atoms with Crippen LogP contribution in [0.15, 0.2) is 0 Å². The molecule has 2 aliphatic rings. The molecule has 15 heavy (non-hydrogen) atoms. The molecule has 0 aromatic carbocycles. The summed E-state index contributed by atoms with van der Waals surface area (Å²) in [5, 5.41) is 6.43. The average molecular weight is 211 g/mol. The van der Waals surface area contributed by atoms with Crippen molar-refractivity contribution in [2.45, 2.75) is 31.7 Å². The van der Waals surface area contributed by atoms with E-state index < -0.39 is 0 Å². The summed E-state index contributed by atoms with van der Waals surface area (Å²) in [6, 6.07) is 0. The molecule has 1 saturated heterocycles. The van der Waals surface area contributed by atoms with E-state index in [9.17, 15) is 4.79 Å². The lowest BCUT2D eigenvalue weighted by atomic mass is 10.3. The number of carbonyl (C=O) groups excluding carboxylic acids is 1. The molecular formula is C11H21N3O. The van der Waals surface area contributed by atoms with Crippen molar-refractivity contribution in [2.75, 3.05) is 32.7 Å². The molecule has 4 nitrogen and oxygen atoms in total. The van der Waals surface area contributed by atoms with Crippen molar-refractivity contribution in [1.29, 1.82) is 0 Å². The zero-order valence-electron chi connectivity index (χ0n) is 9.51. The highest BCUT2D eigenvalue weighted by atomic mass is 16.2. The maximum absolute atomic E-state index is 11.7. The Morgan fingerprint density at radius 3 is 2.93 bits per heavy atom. The first kappa shape index (κ1) is 10.9. The van der Waals surface area contributed by atoms with E-state index in [-0.39, 0.29) is 11.4 Å². The number of carbonyl (C=O) groups is 1. The molecule has 0 bridgehead atoms. The van der Waals surface area contributed by atoms with Crippen LogP contribution in [0.5, 0.6) is 0 Å². The Balaban J connectivity index is 1.72. The van der Waals surface area contributed by atoms with E-state index in [1.807, 2.05) is 0 Å². The lowest BCUT2D eigenvalue weighted by Crippen LogP contribution is -2.43.